The van der Waals surface area contributed by atoms with Crippen molar-refractivity contribution in [2.75, 3.05) is 12.4 Å². The monoisotopic (exact) mass is 349 g/mol. The zero-order chi connectivity index (χ0) is 17.7. The van der Waals surface area contributed by atoms with Crippen molar-refractivity contribution in [3.63, 3.8) is 0 Å². The first-order valence-corrected chi connectivity index (χ1v) is 8.76. The largest absolute Gasteiger partial charge is 0.494 e. The summed E-state index contributed by atoms with van der Waals surface area (Å²) in [6, 6.07) is 6.53. The van der Waals surface area contributed by atoms with E-state index in [1.54, 1.807) is 30.0 Å². The van der Waals surface area contributed by atoms with E-state index in [9.17, 15) is 4.79 Å². The standard InChI is InChI=1S/C17H23N3O3S/c1-17(2,3)15-18-19-16(20(15)4)24-10-6-9-23-13-8-5-7-12(11-13)14(21)22/h5,7-8,11H,6,9-10H2,1-4H3,(H,21,22). The molecule has 0 saturated heterocycles. The van der Waals surface area contributed by atoms with Crippen molar-refractivity contribution in [1.29, 1.82) is 0 Å². The van der Waals surface area contributed by atoms with Crippen LogP contribution in [0.5, 0.6) is 5.75 Å². The Bertz CT molecular complexity index is 707. The van der Waals surface area contributed by atoms with Crippen molar-refractivity contribution in [2.45, 2.75) is 37.8 Å². The number of carboxylic acids is 1. The van der Waals surface area contributed by atoms with Crippen LogP contribution in [0.2, 0.25) is 0 Å². The maximum Gasteiger partial charge on any atom is 0.335 e. The van der Waals surface area contributed by atoms with Gasteiger partial charge in [-0.2, -0.15) is 0 Å². The molecule has 0 aliphatic carbocycles. The van der Waals surface area contributed by atoms with E-state index >= 15 is 0 Å². The van der Waals surface area contributed by atoms with Gasteiger partial charge < -0.3 is 14.4 Å². The summed E-state index contributed by atoms with van der Waals surface area (Å²) < 4.78 is 7.63. The number of nitrogens with zero attached hydrogens (tertiary/aromatic N) is 3. The average Bonchev–Trinajstić information content (AvgIpc) is 2.88. The third-order valence-electron chi connectivity index (χ3n) is 3.38. The molecule has 0 fully saturated rings. The molecule has 0 aliphatic rings. The van der Waals surface area contributed by atoms with Crippen LogP contribution in [0.15, 0.2) is 29.4 Å². The van der Waals surface area contributed by atoms with Gasteiger partial charge in [0.1, 0.15) is 11.6 Å². The first-order valence-electron chi connectivity index (χ1n) is 7.78. The minimum absolute atomic E-state index is 0.0289. The van der Waals surface area contributed by atoms with Crippen LogP contribution in [0, 0.1) is 0 Å². The van der Waals surface area contributed by atoms with Crippen molar-refractivity contribution in [1.82, 2.24) is 14.8 Å². The van der Waals surface area contributed by atoms with Crippen LogP contribution in [-0.4, -0.2) is 38.2 Å². The molecule has 1 aromatic carbocycles. The first-order chi connectivity index (χ1) is 11.3. The molecular weight excluding hydrogens is 326 g/mol. The summed E-state index contributed by atoms with van der Waals surface area (Å²) in [5.74, 6) is 1.45. The quantitative estimate of drug-likeness (QED) is 0.610. The highest BCUT2D eigenvalue weighted by Crippen LogP contribution is 2.24. The Hall–Kier alpha value is -2.02. The zero-order valence-electron chi connectivity index (χ0n) is 14.4. The molecule has 1 aromatic heterocycles. The van der Waals surface area contributed by atoms with Crippen LogP contribution in [0.4, 0.5) is 0 Å². The van der Waals surface area contributed by atoms with Gasteiger partial charge in [0.05, 0.1) is 12.2 Å². The van der Waals surface area contributed by atoms with Gasteiger partial charge in [0.25, 0.3) is 0 Å². The van der Waals surface area contributed by atoms with Gasteiger partial charge in [0, 0.05) is 18.2 Å². The molecule has 2 aromatic rings. The van der Waals surface area contributed by atoms with Gasteiger partial charge in [0.2, 0.25) is 0 Å². The summed E-state index contributed by atoms with van der Waals surface area (Å²) in [5, 5.41) is 18.4. The summed E-state index contributed by atoms with van der Waals surface area (Å²) >= 11 is 1.64. The molecule has 0 amide bonds. The average molecular weight is 349 g/mol. The number of rotatable bonds is 7. The van der Waals surface area contributed by atoms with Gasteiger partial charge in [-0.1, -0.05) is 38.6 Å². The molecule has 2 rings (SSSR count). The lowest BCUT2D eigenvalue weighted by Crippen LogP contribution is -2.17. The number of ether oxygens (including phenoxy) is 1. The number of aromatic carboxylic acids is 1. The van der Waals surface area contributed by atoms with E-state index in [-0.39, 0.29) is 11.0 Å². The lowest BCUT2D eigenvalue weighted by atomic mass is 9.96. The second-order valence-electron chi connectivity index (χ2n) is 6.50. The van der Waals surface area contributed by atoms with E-state index < -0.39 is 5.97 Å². The number of aromatic nitrogens is 3. The van der Waals surface area contributed by atoms with Crippen molar-refractivity contribution < 1.29 is 14.6 Å². The Labute approximate surface area is 146 Å². The Morgan fingerprint density at radius 3 is 2.71 bits per heavy atom. The predicted octanol–water partition coefficient (Wildman–Crippen LogP) is 3.37. The molecule has 0 saturated carbocycles. The van der Waals surface area contributed by atoms with Crippen LogP contribution in [-0.2, 0) is 12.5 Å². The zero-order valence-corrected chi connectivity index (χ0v) is 15.3. The summed E-state index contributed by atoms with van der Waals surface area (Å²) in [7, 11) is 1.98. The highest BCUT2D eigenvalue weighted by Gasteiger charge is 2.21. The summed E-state index contributed by atoms with van der Waals surface area (Å²) in [6.45, 7) is 6.87. The van der Waals surface area contributed by atoms with Gasteiger partial charge in [-0.25, -0.2) is 4.79 Å². The predicted molar refractivity (Wildman–Crippen MR) is 93.9 cm³/mol. The van der Waals surface area contributed by atoms with Gasteiger partial charge in [-0.05, 0) is 24.6 Å². The molecule has 0 spiro atoms. The highest BCUT2D eigenvalue weighted by molar-refractivity contribution is 7.99. The highest BCUT2D eigenvalue weighted by atomic mass is 32.2. The maximum absolute atomic E-state index is 10.9. The smallest absolute Gasteiger partial charge is 0.335 e. The second-order valence-corrected chi connectivity index (χ2v) is 7.56. The number of thioether (sulfide) groups is 1. The SMILES string of the molecule is Cn1c(SCCCOc2cccc(C(=O)O)c2)nnc1C(C)(C)C. The molecule has 7 heteroatoms. The molecule has 0 radical (unpaired) electrons. The third-order valence-corrected chi connectivity index (χ3v) is 4.48. The van der Waals surface area contributed by atoms with E-state index in [1.807, 2.05) is 11.6 Å². The van der Waals surface area contributed by atoms with E-state index in [2.05, 4.69) is 31.0 Å². The fraction of sp³-hybridized carbons (Fsp3) is 0.471. The van der Waals surface area contributed by atoms with Crippen molar-refractivity contribution in [3.05, 3.63) is 35.7 Å². The van der Waals surface area contributed by atoms with Crippen LogP contribution >= 0.6 is 11.8 Å². The first kappa shape index (κ1) is 18.3. The molecular formula is C17H23N3O3S. The third kappa shape index (κ3) is 4.74. The Kier molecular flexibility index (Phi) is 5.88. The minimum Gasteiger partial charge on any atom is -0.494 e. The molecule has 0 aliphatic heterocycles. The van der Waals surface area contributed by atoms with Gasteiger partial charge in [-0.3, -0.25) is 0 Å². The minimum atomic E-state index is -0.951. The van der Waals surface area contributed by atoms with Gasteiger partial charge >= 0.3 is 5.97 Å². The van der Waals surface area contributed by atoms with Gasteiger partial charge in [-0.15, -0.1) is 10.2 Å². The van der Waals surface area contributed by atoms with Crippen molar-refractivity contribution >= 4 is 17.7 Å². The number of benzene rings is 1. The number of carboxylic acid groups (broad SMARTS) is 1. The second kappa shape index (κ2) is 7.70. The van der Waals surface area contributed by atoms with E-state index in [1.165, 1.54) is 6.07 Å². The molecule has 0 bridgehead atoms. The fourth-order valence-corrected chi connectivity index (χ4v) is 3.05. The lowest BCUT2D eigenvalue weighted by molar-refractivity contribution is 0.0696. The summed E-state index contributed by atoms with van der Waals surface area (Å²) in [4.78, 5) is 10.9. The van der Waals surface area contributed by atoms with Crippen LogP contribution in [0.25, 0.3) is 0 Å². The molecule has 24 heavy (non-hydrogen) atoms. The molecule has 0 unspecified atom stereocenters. The summed E-state index contributed by atoms with van der Waals surface area (Å²) in [6.07, 6.45) is 0.833. The van der Waals surface area contributed by atoms with E-state index in [0.717, 1.165) is 23.2 Å². The maximum atomic E-state index is 10.9. The molecule has 0 atom stereocenters. The van der Waals surface area contributed by atoms with Crippen molar-refractivity contribution in [2.24, 2.45) is 7.05 Å². The lowest BCUT2D eigenvalue weighted by Gasteiger charge is -2.16. The summed E-state index contributed by atoms with van der Waals surface area (Å²) in [5.41, 5.74) is 0.203. The molecule has 130 valence electrons. The van der Waals surface area contributed by atoms with Crippen molar-refractivity contribution in [3.8, 4) is 5.75 Å². The van der Waals surface area contributed by atoms with E-state index in [4.69, 9.17) is 9.84 Å². The Morgan fingerprint density at radius 1 is 1.33 bits per heavy atom. The molecule has 1 heterocycles. The number of hydrogen-bond donors (Lipinski definition) is 1. The number of hydrogen-bond acceptors (Lipinski definition) is 5. The number of carbonyl (C=O) groups is 1. The normalized spacial score (nSPS) is 11.5. The van der Waals surface area contributed by atoms with Crippen LogP contribution < -0.4 is 4.74 Å². The Morgan fingerprint density at radius 2 is 2.08 bits per heavy atom. The topological polar surface area (TPSA) is 77.2 Å². The Balaban J connectivity index is 1.79. The molecule has 1 N–H and O–H groups in total. The fourth-order valence-electron chi connectivity index (χ4n) is 2.23. The van der Waals surface area contributed by atoms with E-state index in [0.29, 0.717) is 12.4 Å². The van der Waals surface area contributed by atoms with Gasteiger partial charge in [0.15, 0.2) is 5.16 Å². The van der Waals surface area contributed by atoms with Crippen LogP contribution in [0.1, 0.15) is 43.4 Å². The van der Waals surface area contributed by atoms with Crippen LogP contribution in [0.3, 0.4) is 0 Å². The molecule has 6 nitrogen and oxygen atoms in total.